The maximum Gasteiger partial charge on any atom is 0.407 e. The lowest BCUT2D eigenvalue weighted by Crippen LogP contribution is -2.43. The summed E-state index contributed by atoms with van der Waals surface area (Å²) in [4.78, 5) is 17.2. The van der Waals surface area contributed by atoms with Crippen molar-refractivity contribution >= 4 is 17.0 Å². The molecule has 0 unspecified atom stereocenters. The van der Waals surface area contributed by atoms with Crippen LogP contribution in [0.2, 0.25) is 0 Å². The molecular weight excluding hydrogens is 388 g/mol. The van der Waals surface area contributed by atoms with Crippen LogP contribution in [0.25, 0.3) is 22.0 Å². The Labute approximate surface area is 183 Å². The highest BCUT2D eigenvalue weighted by Crippen LogP contribution is 2.36. The van der Waals surface area contributed by atoms with Crippen molar-refractivity contribution in [2.75, 3.05) is 19.7 Å². The molecule has 0 spiro atoms. The van der Waals surface area contributed by atoms with E-state index in [0.29, 0.717) is 25.6 Å². The molecule has 0 bridgehead atoms. The van der Waals surface area contributed by atoms with Crippen LogP contribution in [0.4, 0.5) is 4.79 Å². The standard InChI is InChI=1S/C26H30N2O3/c1-18-23(11-8-20-5-4-14-27-24(18)20)19-6-9-22(10-7-19)31-17-26(2,3)21-12-15-28(16-13-21)25(29)30/h4-11,14,21H,12-13,15-17H2,1-3H3,(H,29,30). The summed E-state index contributed by atoms with van der Waals surface area (Å²) in [6.45, 7) is 8.38. The normalized spacial score (nSPS) is 15.3. The lowest BCUT2D eigenvalue weighted by molar-refractivity contribution is 0.0573. The Hall–Kier alpha value is -3.08. The van der Waals surface area contributed by atoms with E-state index in [1.54, 1.807) is 0 Å². The zero-order valence-electron chi connectivity index (χ0n) is 18.5. The molecule has 5 heteroatoms. The predicted octanol–water partition coefficient (Wildman–Crippen LogP) is 6.01. The minimum atomic E-state index is -0.815. The van der Waals surface area contributed by atoms with Gasteiger partial charge in [-0.25, -0.2) is 4.79 Å². The van der Waals surface area contributed by atoms with E-state index >= 15 is 0 Å². The summed E-state index contributed by atoms with van der Waals surface area (Å²) in [5.74, 6) is 1.31. The second-order valence-electron chi connectivity index (χ2n) is 9.16. The molecule has 1 fully saturated rings. The average Bonchev–Trinajstić information content (AvgIpc) is 2.79. The number of hydrogen-bond acceptors (Lipinski definition) is 3. The Morgan fingerprint density at radius 1 is 1.13 bits per heavy atom. The van der Waals surface area contributed by atoms with Gasteiger partial charge in [0.25, 0.3) is 0 Å². The highest BCUT2D eigenvalue weighted by Gasteiger charge is 2.34. The Morgan fingerprint density at radius 3 is 2.52 bits per heavy atom. The highest BCUT2D eigenvalue weighted by atomic mass is 16.5. The molecule has 0 atom stereocenters. The fraction of sp³-hybridized carbons (Fsp3) is 0.385. The third kappa shape index (κ3) is 4.50. The van der Waals surface area contributed by atoms with Gasteiger partial charge in [-0.15, -0.1) is 0 Å². The third-order valence-corrected chi connectivity index (χ3v) is 6.67. The number of carbonyl (C=O) groups is 1. The van der Waals surface area contributed by atoms with Gasteiger partial charge in [0.1, 0.15) is 5.75 Å². The molecule has 31 heavy (non-hydrogen) atoms. The molecular formula is C26H30N2O3. The molecule has 4 rings (SSSR count). The Bertz CT molecular complexity index is 1070. The molecule has 162 valence electrons. The quantitative estimate of drug-likeness (QED) is 0.551. The van der Waals surface area contributed by atoms with Crippen molar-refractivity contribution in [3.8, 4) is 16.9 Å². The van der Waals surface area contributed by atoms with Crippen LogP contribution in [0.15, 0.2) is 54.7 Å². The van der Waals surface area contributed by atoms with Gasteiger partial charge in [0.2, 0.25) is 0 Å². The minimum absolute atomic E-state index is 0.0101. The molecule has 1 aliphatic rings. The molecule has 0 radical (unpaired) electrons. The first-order valence-electron chi connectivity index (χ1n) is 10.9. The van der Waals surface area contributed by atoms with E-state index < -0.39 is 6.09 Å². The highest BCUT2D eigenvalue weighted by molar-refractivity contribution is 5.88. The molecule has 1 amide bonds. The van der Waals surface area contributed by atoms with Crippen molar-refractivity contribution in [2.45, 2.75) is 33.6 Å². The maximum absolute atomic E-state index is 11.1. The lowest BCUT2D eigenvalue weighted by Gasteiger charge is -2.39. The number of piperidine rings is 1. The third-order valence-electron chi connectivity index (χ3n) is 6.67. The molecule has 2 heterocycles. The molecule has 5 nitrogen and oxygen atoms in total. The number of aromatic nitrogens is 1. The van der Waals surface area contributed by atoms with Crippen LogP contribution in [0.1, 0.15) is 32.3 Å². The number of amides is 1. The van der Waals surface area contributed by atoms with Crippen LogP contribution in [0, 0.1) is 18.3 Å². The minimum Gasteiger partial charge on any atom is -0.493 e. The van der Waals surface area contributed by atoms with Gasteiger partial charge in [-0.05, 0) is 60.6 Å². The zero-order chi connectivity index (χ0) is 22.0. The number of fused-ring (bicyclic) bond motifs is 1. The Balaban J connectivity index is 1.41. The summed E-state index contributed by atoms with van der Waals surface area (Å²) >= 11 is 0. The van der Waals surface area contributed by atoms with Crippen LogP contribution >= 0.6 is 0 Å². The molecule has 2 aromatic carbocycles. The van der Waals surface area contributed by atoms with Crippen LogP contribution < -0.4 is 4.74 Å². The number of pyridine rings is 1. The molecule has 1 aliphatic heterocycles. The fourth-order valence-electron chi connectivity index (χ4n) is 4.57. The van der Waals surface area contributed by atoms with Crippen molar-refractivity contribution in [2.24, 2.45) is 11.3 Å². The van der Waals surface area contributed by atoms with E-state index in [1.165, 1.54) is 16.0 Å². The van der Waals surface area contributed by atoms with Gasteiger partial charge >= 0.3 is 6.09 Å². The molecule has 3 aromatic rings. The maximum atomic E-state index is 11.1. The molecule has 1 aromatic heterocycles. The van der Waals surface area contributed by atoms with Crippen molar-refractivity contribution in [1.29, 1.82) is 0 Å². The number of nitrogens with zero attached hydrogens (tertiary/aromatic N) is 2. The molecule has 0 aliphatic carbocycles. The van der Waals surface area contributed by atoms with Gasteiger partial charge in [-0.3, -0.25) is 4.98 Å². The average molecular weight is 419 g/mol. The van der Waals surface area contributed by atoms with Crippen molar-refractivity contribution in [3.05, 3.63) is 60.3 Å². The van der Waals surface area contributed by atoms with E-state index in [-0.39, 0.29) is 5.41 Å². The zero-order valence-corrected chi connectivity index (χ0v) is 18.5. The Morgan fingerprint density at radius 2 is 1.84 bits per heavy atom. The number of aryl methyl sites for hydroxylation is 1. The predicted molar refractivity (Wildman–Crippen MR) is 124 cm³/mol. The summed E-state index contributed by atoms with van der Waals surface area (Å²) in [5, 5.41) is 10.3. The number of likely N-dealkylation sites (tertiary alicyclic amines) is 1. The van der Waals surface area contributed by atoms with Gasteiger partial charge < -0.3 is 14.7 Å². The summed E-state index contributed by atoms with van der Waals surface area (Å²) in [6.07, 6.45) is 2.79. The smallest absolute Gasteiger partial charge is 0.407 e. The van der Waals surface area contributed by atoms with Crippen molar-refractivity contribution in [3.63, 3.8) is 0 Å². The van der Waals surface area contributed by atoms with Crippen molar-refractivity contribution in [1.82, 2.24) is 9.88 Å². The number of hydrogen-bond donors (Lipinski definition) is 1. The van der Waals surface area contributed by atoms with Crippen LogP contribution in [0.5, 0.6) is 5.75 Å². The summed E-state index contributed by atoms with van der Waals surface area (Å²) in [5.41, 5.74) is 4.54. The van der Waals surface area contributed by atoms with Gasteiger partial charge in [0.15, 0.2) is 0 Å². The summed E-state index contributed by atoms with van der Waals surface area (Å²) < 4.78 is 6.15. The van der Waals surface area contributed by atoms with Crippen LogP contribution in [0.3, 0.4) is 0 Å². The summed E-state index contributed by atoms with van der Waals surface area (Å²) in [6, 6.07) is 16.6. The first-order valence-corrected chi connectivity index (χ1v) is 10.9. The summed E-state index contributed by atoms with van der Waals surface area (Å²) in [7, 11) is 0. The van der Waals surface area contributed by atoms with E-state index in [9.17, 15) is 4.79 Å². The van der Waals surface area contributed by atoms with Gasteiger partial charge in [0, 0.05) is 30.1 Å². The van der Waals surface area contributed by atoms with Crippen molar-refractivity contribution < 1.29 is 14.6 Å². The number of benzene rings is 2. The SMILES string of the molecule is Cc1c(-c2ccc(OCC(C)(C)C3CCN(C(=O)O)CC3)cc2)ccc2cccnc12. The first kappa shape index (κ1) is 21.2. The number of carboxylic acid groups (broad SMARTS) is 1. The number of rotatable bonds is 5. The second kappa shape index (κ2) is 8.58. The van der Waals surface area contributed by atoms with E-state index in [2.05, 4.69) is 56.1 Å². The van der Waals surface area contributed by atoms with Gasteiger partial charge in [0.05, 0.1) is 12.1 Å². The number of ether oxygens (including phenoxy) is 1. The van der Waals surface area contributed by atoms with Gasteiger partial charge in [-0.1, -0.05) is 44.2 Å². The lowest BCUT2D eigenvalue weighted by atomic mass is 9.74. The largest absolute Gasteiger partial charge is 0.493 e. The Kier molecular flexibility index (Phi) is 5.86. The van der Waals surface area contributed by atoms with E-state index in [0.717, 1.165) is 35.1 Å². The molecule has 1 N–H and O–H groups in total. The molecule has 1 saturated heterocycles. The fourth-order valence-corrected chi connectivity index (χ4v) is 4.57. The molecule has 0 saturated carbocycles. The van der Waals surface area contributed by atoms with Crippen LogP contribution in [-0.4, -0.2) is 40.8 Å². The second-order valence-corrected chi connectivity index (χ2v) is 9.16. The topological polar surface area (TPSA) is 62.7 Å². The van der Waals surface area contributed by atoms with E-state index in [1.807, 2.05) is 24.4 Å². The first-order chi connectivity index (χ1) is 14.8. The monoisotopic (exact) mass is 418 g/mol. The van der Waals surface area contributed by atoms with E-state index in [4.69, 9.17) is 9.84 Å². The van der Waals surface area contributed by atoms with Gasteiger partial charge in [-0.2, -0.15) is 0 Å². The van der Waals surface area contributed by atoms with Crippen LogP contribution in [-0.2, 0) is 0 Å².